The van der Waals surface area contributed by atoms with Crippen LogP contribution in [0.3, 0.4) is 0 Å². The van der Waals surface area contributed by atoms with E-state index in [1.807, 2.05) is 6.07 Å². The van der Waals surface area contributed by atoms with Crippen LogP contribution in [-0.4, -0.2) is 6.04 Å². The predicted molar refractivity (Wildman–Crippen MR) is 89.7 cm³/mol. The molecule has 1 N–H and O–H groups in total. The molecule has 3 heteroatoms. The molecule has 0 bridgehead atoms. The summed E-state index contributed by atoms with van der Waals surface area (Å²) in [5.41, 5.74) is 1.51. The predicted octanol–water partition coefficient (Wildman–Crippen LogP) is 4.70. The van der Waals surface area contributed by atoms with Crippen LogP contribution in [-0.2, 0) is 6.54 Å². The van der Waals surface area contributed by atoms with Crippen molar-refractivity contribution in [2.24, 2.45) is 0 Å². The van der Waals surface area contributed by atoms with Crippen molar-refractivity contribution in [1.82, 2.24) is 5.32 Å². The van der Waals surface area contributed by atoms with Crippen LogP contribution >= 0.6 is 22.6 Å². The quantitative estimate of drug-likeness (QED) is 0.777. The summed E-state index contributed by atoms with van der Waals surface area (Å²) in [7, 11) is 0. The Bertz CT molecular complexity index is 529. The summed E-state index contributed by atoms with van der Waals surface area (Å²) < 4.78 is 6.55. The summed E-state index contributed by atoms with van der Waals surface area (Å²) in [5, 5.41) is 3.63. The zero-order chi connectivity index (χ0) is 13.8. The van der Waals surface area contributed by atoms with E-state index in [0.29, 0.717) is 6.04 Å². The maximum Gasteiger partial charge on any atom is 0.164 e. The van der Waals surface area contributed by atoms with E-state index in [2.05, 4.69) is 64.3 Å². The lowest BCUT2D eigenvalue weighted by Gasteiger charge is -2.29. The molecule has 1 saturated carbocycles. The van der Waals surface area contributed by atoms with E-state index in [1.165, 1.54) is 31.2 Å². The molecule has 1 aliphatic carbocycles. The Hall–Kier alpha value is -0.810. The van der Waals surface area contributed by atoms with Crippen molar-refractivity contribution < 1.29 is 4.42 Å². The molecule has 2 aromatic rings. The van der Waals surface area contributed by atoms with Gasteiger partial charge in [-0.05, 0) is 71.9 Å². The van der Waals surface area contributed by atoms with E-state index < -0.39 is 0 Å². The van der Waals surface area contributed by atoms with Gasteiger partial charge in [-0.3, -0.25) is 0 Å². The second-order valence-electron chi connectivity index (χ2n) is 5.55. The number of furan rings is 1. The number of halogens is 1. The van der Waals surface area contributed by atoms with Gasteiger partial charge in [-0.25, -0.2) is 0 Å². The smallest absolute Gasteiger partial charge is 0.164 e. The highest BCUT2D eigenvalue weighted by molar-refractivity contribution is 14.1. The van der Waals surface area contributed by atoms with Crippen LogP contribution in [0.25, 0.3) is 0 Å². The normalized spacial score (nSPS) is 22.9. The minimum Gasteiger partial charge on any atom is -0.454 e. The van der Waals surface area contributed by atoms with Gasteiger partial charge in [0.25, 0.3) is 0 Å². The Balaban J connectivity index is 1.47. The first-order valence-corrected chi connectivity index (χ1v) is 8.41. The molecule has 1 aromatic carbocycles. The van der Waals surface area contributed by atoms with Crippen LogP contribution in [0.15, 0.2) is 46.9 Å². The molecular formula is C17H20INO. The van der Waals surface area contributed by atoms with Gasteiger partial charge in [0.1, 0.15) is 5.76 Å². The second-order valence-corrected chi connectivity index (χ2v) is 6.61. The molecule has 1 aliphatic rings. The number of hydrogen-bond acceptors (Lipinski definition) is 2. The fourth-order valence-corrected chi connectivity index (χ4v) is 3.51. The van der Waals surface area contributed by atoms with Crippen LogP contribution in [0.5, 0.6) is 0 Å². The first-order chi connectivity index (χ1) is 9.81. The lowest BCUT2D eigenvalue weighted by Crippen LogP contribution is -2.32. The standard InChI is InChI=1S/C17H20INO/c18-17-11-10-16(20-17)12-19-15-8-6-14(7-9-15)13-4-2-1-3-5-13/h1-5,10-11,14-15,19H,6-9,12H2. The van der Waals surface area contributed by atoms with E-state index in [1.54, 1.807) is 0 Å². The molecule has 1 heterocycles. The summed E-state index contributed by atoms with van der Waals surface area (Å²) in [6.45, 7) is 0.851. The molecule has 106 valence electrons. The van der Waals surface area contributed by atoms with Gasteiger partial charge >= 0.3 is 0 Å². The van der Waals surface area contributed by atoms with E-state index in [0.717, 1.165) is 22.0 Å². The first-order valence-electron chi connectivity index (χ1n) is 7.34. The number of hydrogen-bond donors (Lipinski definition) is 1. The molecule has 0 spiro atoms. The minimum absolute atomic E-state index is 0.637. The van der Waals surface area contributed by atoms with E-state index in [4.69, 9.17) is 4.42 Å². The van der Waals surface area contributed by atoms with Crippen molar-refractivity contribution in [3.8, 4) is 0 Å². The van der Waals surface area contributed by atoms with Gasteiger partial charge in [-0.15, -0.1) is 0 Å². The number of benzene rings is 1. The van der Waals surface area contributed by atoms with E-state index in [-0.39, 0.29) is 0 Å². The highest BCUT2D eigenvalue weighted by Gasteiger charge is 2.21. The molecule has 0 saturated heterocycles. The molecular weight excluding hydrogens is 361 g/mol. The van der Waals surface area contributed by atoms with E-state index >= 15 is 0 Å². The second kappa shape index (κ2) is 6.76. The molecule has 0 aliphatic heterocycles. The molecule has 0 radical (unpaired) electrons. The lowest BCUT2D eigenvalue weighted by molar-refractivity contribution is 0.329. The van der Waals surface area contributed by atoms with Crippen LogP contribution in [0, 0.1) is 3.77 Å². The third-order valence-electron chi connectivity index (χ3n) is 4.19. The zero-order valence-electron chi connectivity index (χ0n) is 11.5. The van der Waals surface area contributed by atoms with Crippen LogP contribution in [0.2, 0.25) is 0 Å². The molecule has 2 nitrogen and oxygen atoms in total. The van der Waals surface area contributed by atoms with Gasteiger partial charge in [-0.1, -0.05) is 30.3 Å². The van der Waals surface area contributed by atoms with Crippen LogP contribution in [0.4, 0.5) is 0 Å². The van der Waals surface area contributed by atoms with Gasteiger partial charge in [0.15, 0.2) is 3.77 Å². The fraction of sp³-hybridized carbons (Fsp3) is 0.412. The van der Waals surface area contributed by atoms with Gasteiger partial charge < -0.3 is 9.73 Å². The molecule has 0 unspecified atom stereocenters. The third kappa shape index (κ3) is 3.64. The summed E-state index contributed by atoms with van der Waals surface area (Å²) >= 11 is 2.21. The Labute approximate surface area is 134 Å². The monoisotopic (exact) mass is 381 g/mol. The topological polar surface area (TPSA) is 25.2 Å². The average Bonchev–Trinajstić information content (AvgIpc) is 2.92. The molecule has 0 atom stereocenters. The highest BCUT2D eigenvalue weighted by Crippen LogP contribution is 2.32. The zero-order valence-corrected chi connectivity index (χ0v) is 13.7. The Kier molecular flexibility index (Phi) is 4.78. The average molecular weight is 381 g/mol. The summed E-state index contributed by atoms with van der Waals surface area (Å²) in [6, 6.07) is 15.6. The molecule has 20 heavy (non-hydrogen) atoms. The minimum atomic E-state index is 0.637. The number of rotatable bonds is 4. The van der Waals surface area contributed by atoms with Gasteiger partial charge in [0, 0.05) is 6.04 Å². The van der Waals surface area contributed by atoms with Crippen molar-refractivity contribution >= 4 is 22.6 Å². The van der Waals surface area contributed by atoms with Crippen LogP contribution in [0.1, 0.15) is 42.9 Å². The lowest BCUT2D eigenvalue weighted by atomic mass is 9.82. The van der Waals surface area contributed by atoms with Gasteiger partial charge in [0.05, 0.1) is 6.54 Å². The molecule has 0 amide bonds. The van der Waals surface area contributed by atoms with Crippen molar-refractivity contribution in [2.75, 3.05) is 0 Å². The first kappa shape index (κ1) is 14.1. The maximum atomic E-state index is 5.59. The summed E-state index contributed by atoms with van der Waals surface area (Å²) in [4.78, 5) is 0. The van der Waals surface area contributed by atoms with E-state index in [9.17, 15) is 0 Å². The van der Waals surface area contributed by atoms with Crippen molar-refractivity contribution in [2.45, 2.75) is 44.2 Å². The van der Waals surface area contributed by atoms with Crippen molar-refractivity contribution in [3.63, 3.8) is 0 Å². The Morgan fingerprint density at radius 3 is 2.40 bits per heavy atom. The number of nitrogens with one attached hydrogen (secondary N) is 1. The summed E-state index contributed by atoms with van der Waals surface area (Å²) in [5.74, 6) is 1.79. The van der Waals surface area contributed by atoms with Crippen LogP contribution < -0.4 is 5.32 Å². The SMILES string of the molecule is Ic1ccc(CNC2CCC(c3ccccc3)CC2)o1. The van der Waals surface area contributed by atoms with Crippen molar-refractivity contribution in [1.29, 1.82) is 0 Å². The maximum absolute atomic E-state index is 5.59. The third-order valence-corrected chi connectivity index (χ3v) is 4.77. The largest absolute Gasteiger partial charge is 0.454 e. The Morgan fingerprint density at radius 1 is 1.00 bits per heavy atom. The molecule has 1 fully saturated rings. The van der Waals surface area contributed by atoms with Gasteiger partial charge in [-0.2, -0.15) is 0 Å². The molecule has 3 rings (SSSR count). The fourth-order valence-electron chi connectivity index (χ4n) is 3.05. The summed E-state index contributed by atoms with van der Waals surface area (Å²) in [6.07, 6.45) is 5.10. The van der Waals surface area contributed by atoms with Crippen molar-refractivity contribution in [3.05, 3.63) is 57.6 Å². The van der Waals surface area contributed by atoms with Gasteiger partial charge in [0.2, 0.25) is 0 Å². The molecule has 1 aromatic heterocycles. The highest BCUT2D eigenvalue weighted by atomic mass is 127. The Morgan fingerprint density at radius 2 is 1.75 bits per heavy atom.